The van der Waals surface area contributed by atoms with Gasteiger partial charge in [0.25, 0.3) is 0 Å². The Labute approximate surface area is 372 Å². The number of anilines is 3. The smallest absolute Gasteiger partial charge is 0.0755 e. The monoisotopic (exact) mass is 812 g/mol. The Hall–Kier alpha value is -8.20. The third-order valence-corrected chi connectivity index (χ3v) is 14.7. The number of fused-ring (bicyclic) bond motifs is 15. The Bertz CT molecular complexity index is 3630. The van der Waals surface area contributed by atoms with Crippen molar-refractivity contribution < 1.29 is 0 Å². The molecule has 14 rings (SSSR count). The summed E-state index contributed by atoms with van der Waals surface area (Å²) < 4.78 is 2.52. The number of benzene rings is 10. The van der Waals surface area contributed by atoms with Crippen molar-refractivity contribution >= 4 is 38.9 Å². The molecule has 1 unspecified atom stereocenters. The van der Waals surface area contributed by atoms with Gasteiger partial charge < -0.3 is 9.47 Å². The van der Waals surface area contributed by atoms with Crippen molar-refractivity contribution in [2.24, 2.45) is 0 Å². The summed E-state index contributed by atoms with van der Waals surface area (Å²) in [4.78, 5) is 2.44. The average Bonchev–Trinajstić information content (AvgIpc) is 3.98. The quantitative estimate of drug-likeness (QED) is 0.168. The van der Waals surface area contributed by atoms with Crippen LogP contribution in [0.1, 0.15) is 44.5 Å². The summed E-state index contributed by atoms with van der Waals surface area (Å²) in [5, 5.41) is 2.57. The summed E-state index contributed by atoms with van der Waals surface area (Å²) in [6.45, 7) is 0. The van der Waals surface area contributed by atoms with Gasteiger partial charge in [0.05, 0.1) is 27.6 Å². The standard InChI is InChI=1S/C62H40N2/c1-3-18-41(19-4-1)61(52-27-11-7-22-46(52)47-23-8-12-28-53(47)61)42-34-36-44(37-35-42)63(43-20-5-2-6-21-43)45-38-39-49-48-24-9-13-29-54(48)62(57(49)40-45)55-30-14-16-33-59(55)64-58-32-15-10-25-50(58)51-26-17-31-56(62)60(51)64/h1-40H. The second-order valence-electron chi connectivity index (χ2n) is 17.5. The van der Waals surface area contributed by atoms with Crippen molar-refractivity contribution in [3.63, 3.8) is 0 Å². The van der Waals surface area contributed by atoms with E-state index in [4.69, 9.17) is 0 Å². The van der Waals surface area contributed by atoms with Gasteiger partial charge in [0, 0.05) is 27.8 Å². The molecule has 0 fully saturated rings. The summed E-state index contributed by atoms with van der Waals surface area (Å²) in [7, 11) is 0. The largest absolute Gasteiger partial charge is 0.310 e. The number of hydrogen-bond acceptors (Lipinski definition) is 1. The first kappa shape index (κ1) is 35.4. The molecule has 0 saturated heterocycles. The van der Waals surface area contributed by atoms with Crippen LogP contribution in [-0.4, -0.2) is 4.57 Å². The SMILES string of the molecule is c1ccc(N(c2ccc(C3(c4ccccc4)c4ccccc4-c4ccccc43)cc2)c2ccc3c(c2)C2(c4ccccc4-3)c3ccccc3-n3c4ccccc4c4cccc2c43)cc1. The number of hydrogen-bond donors (Lipinski definition) is 0. The lowest BCUT2D eigenvalue weighted by atomic mass is 9.65. The molecule has 2 nitrogen and oxygen atoms in total. The van der Waals surface area contributed by atoms with Gasteiger partial charge in [-0.2, -0.15) is 0 Å². The highest BCUT2D eigenvalue weighted by molar-refractivity contribution is 6.13. The zero-order valence-corrected chi connectivity index (χ0v) is 35.0. The lowest BCUT2D eigenvalue weighted by molar-refractivity contribution is 0.748. The summed E-state index contributed by atoms with van der Waals surface area (Å²) in [5.74, 6) is 0. The predicted octanol–water partition coefficient (Wildman–Crippen LogP) is 15.3. The maximum absolute atomic E-state index is 2.52. The van der Waals surface area contributed by atoms with E-state index in [2.05, 4.69) is 252 Å². The molecule has 11 aromatic rings. The van der Waals surface area contributed by atoms with E-state index in [1.807, 2.05) is 0 Å². The Morgan fingerprint density at radius 1 is 0.297 bits per heavy atom. The van der Waals surface area contributed by atoms with E-state index in [0.717, 1.165) is 17.1 Å². The minimum Gasteiger partial charge on any atom is -0.310 e. The van der Waals surface area contributed by atoms with Gasteiger partial charge in [0.15, 0.2) is 0 Å². The van der Waals surface area contributed by atoms with E-state index < -0.39 is 10.8 Å². The van der Waals surface area contributed by atoms with Crippen molar-refractivity contribution in [3.8, 4) is 27.9 Å². The molecular formula is C62H40N2. The lowest BCUT2D eigenvalue weighted by Crippen LogP contribution is -2.33. The molecule has 10 aromatic carbocycles. The third-order valence-electron chi connectivity index (χ3n) is 14.7. The van der Waals surface area contributed by atoms with Crippen molar-refractivity contribution in [1.29, 1.82) is 0 Å². The van der Waals surface area contributed by atoms with E-state index in [1.54, 1.807) is 0 Å². The summed E-state index contributed by atoms with van der Waals surface area (Å²) in [6.07, 6.45) is 0. The van der Waals surface area contributed by atoms with Crippen LogP contribution in [0.25, 0.3) is 49.7 Å². The lowest BCUT2D eigenvalue weighted by Gasteiger charge is -2.40. The van der Waals surface area contributed by atoms with Gasteiger partial charge >= 0.3 is 0 Å². The molecule has 2 heterocycles. The Kier molecular flexibility index (Phi) is 7.28. The first-order valence-electron chi connectivity index (χ1n) is 22.4. The first-order chi connectivity index (χ1) is 31.8. The minimum absolute atomic E-state index is 0.464. The second-order valence-corrected chi connectivity index (χ2v) is 17.5. The van der Waals surface area contributed by atoms with Crippen LogP contribution in [0.15, 0.2) is 243 Å². The molecule has 64 heavy (non-hydrogen) atoms. The molecule has 1 aliphatic heterocycles. The number of nitrogens with zero attached hydrogens (tertiary/aromatic N) is 2. The molecule has 0 amide bonds. The molecule has 0 radical (unpaired) electrons. The molecule has 1 spiro atoms. The van der Waals surface area contributed by atoms with Crippen LogP contribution in [0.4, 0.5) is 17.1 Å². The van der Waals surface area contributed by atoms with Crippen LogP contribution in [0, 0.1) is 0 Å². The first-order valence-corrected chi connectivity index (χ1v) is 22.4. The fourth-order valence-corrected chi connectivity index (χ4v) is 12.3. The average molecular weight is 813 g/mol. The van der Waals surface area contributed by atoms with Crippen LogP contribution in [0.3, 0.4) is 0 Å². The van der Waals surface area contributed by atoms with Crippen LogP contribution >= 0.6 is 0 Å². The second kappa shape index (κ2) is 13.2. The summed E-state index contributed by atoms with van der Waals surface area (Å²) >= 11 is 0. The number of aromatic nitrogens is 1. The highest BCUT2D eigenvalue weighted by Gasteiger charge is 2.51. The van der Waals surface area contributed by atoms with Gasteiger partial charge in [-0.15, -0.1) is 0 Å². The number of para-hydroxylation sites is 4. The van der Waals surface area contributed by atoms with Crippen LogP contribution < -0.4 is 4.90 Å². The molecule has 298 valence electrons. The zero-order chi connectivity index (χ0) is 42.0. The van der Waals surface area contributed by atoms with Gasteiger partial charge in [0.2, 0.25) is 0 Å². The predicted molar refractivity (Wildman–Crippen MR) is 264 cm³/mol. The topological polar surface area (TPSA) is 8.17 Å². The van der Waals surface area contributed by atoms with Crippen molar-refractivity contribution in [2.75, 3.05) is 4.90 Å². The van der Waals surface area contributed by atoms with E-state index in [1.165, 1.54) is 94.3 Å². The van der Waals surface area contributed by atoms with E-state index in [9.17, 15) is 0 Å². The number of rotatable bonds is 5. The van der Waals surface area contributed by atoms with E-state index in [-0.39, 0.29) is 0 Å². The molecule has 1 atom stereocenters. The van der Waals surface area contributed by atoms with Gasteiger partial charge in [-0.3, -0.25) is 0 Å². The Balaban J connectivity index is 1.00. The fourth-order valence-electron chi connectivity index (χ4n) is 12.3. The van der Waals surface area contributed by atoms with Crippen molar-refractivity contribution in [3.05, 3.63) is 287 Å². The highest BCUT2D eigenvalue weighted by Crippen LogP contribution is 2.62. The van der Waals surface area contributed by atoms with Gasteiger partial charge in [-0.1, -0.05) is 194 Å². The minimum atomic E-state index is -0.542. The van der Waals surface area contributed by atoms with Crippen LogP contribution in [0.2, 0.25) is 0 Å². The normalized spacial score (nSPS) is 15.7. The van der Waals surface area contributed by atoms with Crippen LogP contribution in [0.5, 0.6) is 0 Å². The van der Waals surface area contributed by atoms with Crippen molar-refractivity contribution in [2.45, 2.75) is 10.8 Å². The van der Waals surface area contributed by atoms with Gasteiger partial charge in [-0.25, -0.2) is 0 Å². The van der Waals surface area contributed by atoms with Gasteiger partial charge in [0.1, 0.15) is 0 Å². The third kappa shape index (κ3) is 4.44. The molecule has 3 aliphatic rings. The molecule has 0 N–H and O–H groups in total. The van der Waals surface area contributed by atoms with Gasteiger partial charge in [-0.05, 0) is 115 Å². The molecule has 0 bridgehead atoms. The Morgan fingerprint density at radius 3 is 1.48 bits per heavy atom. The van der Waals surface area contributed by atoms with Crippen molar-refractivity contribution in [1.82, 2.24) is 4.57 Å². The fraction of sp³-hybridized carbons (Fsp3) is 0.0323. The molecule has 1 aromatic heterocycles. The summed E-state index contributed by atoms with van der Waals surface area (Å²) in [5.41, 5.74) is 21.7. The Morgan fingerprint density at radius 2 is 0.781 bits per heavy atom. The zero-order valence-electron chi connectivity index (χ0n) is 35.0. The van der Waals surface area contributed by atoms with Crippen LogP contribution in [-0.2, 0) is 10.8 Å². The molecule has 2 heteroatoms. The summed E-state index contributed by atoms with van der Waals surface area (Å²) in [6, 6.07) is 90.6. The van der Waals surface area contributed by atoms with E-state index in [0.29, 0.717) is 0 Å². The molecular weight excluding hydrogens is 773 g/mol. The highest BCUT2D eigenvalue weighted by atomic mass is 15.1. The maximum Gasteiger partial charge on any atom is 0.0755 e. The molecule has 2 aliphatic carbocycles. The van der Waals surface area contributed by atoms with E-state index >= 15 is 0 Å². The maximum atomic E-state index is 2.52. The molecule has 0 saturated carbocycles.